The number of halogens is 3. The van der Waals surface area contributed by atoms with Crippen LogP contribution < -0.4 is 0 Å². The van der Waals surface area contributed by atoms with Crippen LogP contribution in [0.4, 0.5) is 13.2 Å². The monoisotopic (exact) mass is 244 g/mol. The summed E-state index contributed by atoms with van der Waals surface area (Å²) >= 11 is 0. The number of carbonyl (C=O) groups is 1. The molecule has 1 aromatic carbocycles. The van der Waals surface area contributed by atoms with Crippen molar-refractivity contribution < 1.29 is 23.1 Å². The Morgan fingerprint density at radius 3 is 2.59 bits per heavy atom. The Morgan fingerprint density at radius 1 is 1.41 bits per heavy atom. The highest BCUT2D eigenvalue weighted by atomic mass is 19.4. The molecule has 5 heteroatoms. The molecule has 0 saturated heterocycles. The highest BCUT2D eigenvalue weighted by Crippen LogP contribution is 2.41. The van der Waals surface area contributed by atoms with Crippen LogP contribution in [0.2, 0.25) is 0 Å². The second kappa shape index (κ2) is 3.48. The summed E-state index contributed by atoms with van der Waals surface area (Å²) in [7, 11) is 0. The van der Waals surface area contributed by atoms with E-state index < -0.39 is 23.1 Å². The van der Waals surface area contributed by atoms with E-state index in [1.807, 2.05) is 0 Å². The van der Waals surface area contributed by atoms with E-state index in [9.17, 15) is 18.0 Å². The summed E-state index contributed by atoms with van der Waals surface area (Å²) < 4.78 is 37.5. The molecule has 0 radical (unpaired) electrons. The zero-order valence-electron chi connectivity index (χ0n) is 9.14. The molecule has 0 aliphatic heterocycles. The molecule has 0 saturated carbocycles. The van der Waals surface area contributed by atoms with Gasteiger partial charge in [-0.05, 0) is 43.0 Å². The number of fused-ring (bicyclic) bond motifs is 1. The molecule has 0 bridgehead atoms. The topological polar surface area (TPSA) is 37.3 Å². The fourth-order valence-corrected chi connectivity index (χ4v) is 2.26. The lowest BCUT2D eigenvalue weighted by Gasteiger charge is -2.19. The van der Waals surface area contributed by atoms with E-state index in [0.717, 1.165) is 12.1 Å². The van der Waals surface area contributed by atoms with Gasteiger partial charge >= 0.3 is 12.1 Å². The Bertz CT molecular complexity index is 479. The lowest BCUT2D eigenvalue weighted by molar-refractivity contribution is -0.143. The van der Waals surface area contributed by atoms with Gasteiger partial charge < -0.3 is 5.11 Å². The van der Waals surface area contributed by atoms with Crippen LogP contribution in [-0.4, -0.2) is 11.1 Å². The Balaban J connectivity index is 2.49. The van der Waals surface area contributed by atoms with E-state index in [1.165, 1.54) is 6.07 Å². The number of benzene rings is 1. The van der Waals surface area contributed by atoms with E-state index in [-0.39, 0.29) is 0 Å². The predicted molar refractivity (Wildman–Crippen MR) is 54.8 cm³/mol. The summed E-state index contributed by atoms with van der Waals surface area (Å²) in [5.74, 6) is -0.990. The Kier molecular flexibility index (Phi) is 2.45. The van der Waals surface area contributed by atoms with Crippen molar-refractivity contribution in [2.75, 3.05) is 0 Å². The van der Waals surface area contributed by atoms with Gasteiger partial charge in [-0.3, -0.25) is 4.79 Å². The summed E-state index contributed by atoms with van der Waals surface area (Å²) in [6.07, 6.45) is -3.65. The van der Waals surface area contributed by atoms with Crippen LogP contribution >= 0.6 is 0 Å². The van der Waals surface area contributed by atoms with E-state index >= 15 is 0 Å². The first-order valence-corrected chi connectivity index (χ1v) is 5.19. The summed E-state index contributed by atoms with van der Waals surface area (Å²) in [6, 6.07) is 3.30. The number of rotatable bonds is 1. The number of carboxylic acid groups (broad SMARTS) is 1. The summed E-state index contributed by atoms with van der Waals surface area (Å²) in [5.41, 5.74) is -0.784. The minimum atomic E-state index is -4.38. The number of aliphatic carboxylic acids is 1. The largest absolute Gasteiger partial charge is 0.481 e. The van der Waals surface area contributed by atoms with Gasteiger partial charge in [0, 0.05) is 0 Å². The first kappa shape index (κ1) is 12.0. The molecule has 1 atom stereocenters. The molecule has 1 N–H and O–H groups in total. The van der Waals surface area contributed by atoms with Gasteiger partial charge in [0.15, 0.2) is 0 Å². The molecular formula is C12H11F3O2. The predicted octanol–water partition coefficient (Wildman–Crippen LogP) is 2.99. The van der Waals surface area contributed by atoms with E-state index in [1.54, 1.807) is 6.92 Å². The molecule has 1 aliphatic carbocycles. The van der Waals surface area contributed by atoms with Gasteiger partial charge in [0.05, 0.1) is 11.0 Å². The number of carboxylic acids is 1. The van der Waals surface area contributed by atoms with Crippen LogP contribution in [0, 0.1) is 0 Å². The molecule has 2 nitrogen and oxygen atoms in total. The van der Waals surface area contributed by atoms with Crippen LogP contribution in [-0.2, 0) is 22.8 Å². The Hall–Kier alpha value is -1.52. The SMILES string of the molecule is CC1(C(=O)O)CCc2cc(C(F)(F)F)ccc21. The van der Waals surface area contributed by atoms with Gasteiger partial charge in [-0.2, -0.15) is 13.2 Å². The molecular weight excluding hydrogens is 233 g/mol. The van der Waals surface area contributed by atoms with Crippen molar-refractivity contribution in [1.29, 1.82) is 0 Å². The van der Waals surface area contributed by atoms with Crippen molar-refractivity contribution in [1.82, 2.24) is 0 Å². The third-order valence-corrected chi connectivity index (χ3v) is 3.39. The van der Waals surface area contributed by atoms with Crippen molar-refractivity contribution >= 4 is 5.97 Å². The van der Waals surface area contributed by atoms with Gasteiger partial charge in [0.2, 0.25) is 0 Å². The van der Waals surface area contributed by atoms with Crippen LogP contribution in [0.5, 0.6) is 0 Å². The van der Waals surface area contributed by atoms with Gasteiger partial charge in [-0.1, -0.05) is 6.07 Å². The van der Waals surface area contributed by atoms with Crippen LogP contribution in [0.1, 0.15) is 30.0 Å². The van der Waals surface area contributed by atoms with Gasteiger partial charge in [0.1, 0.15) is 0 Å². The third-order valence-electron chi connectivity index (χ3n) is 3.39. The van der Waals surface area contributed by atoms with E-state index in [4.69, 9.17) is 5.11 Å². The number of aryl methyl sites for hydroxylation is 1. The molecule has 0 spiro atoms. The van der Waals surface area contributed by atoms with Crippen LogP contribution in [0.25, 0.3) is 0 Å². The number of hydrogen-bond donors (Lipinski definition) is 1. The maximum absolute atomic E-state index is 12.5. The average molecular weight is 244 g/mol. The lowest BCUT2D eigenvalue weighted by atomic mass is 9.84. The zero-order chi connectivity index (χ0) is 12.8. The molecule has 0 heterocycles. The summed E-state index contributed by atoms with van der Waals surface area (Å²) in [6.45, 7) is 1.55. The molecule has 1 aromatic rings. The molecule has 1 unspecified atom stereocenters. The van der Waals surface area contributed by atoms with Crippen molar-refractivity contribution in [3.8, 4) is 0 Å². The van der Waals surface area contributed by atoms with Gasteiger partial charge in [-0.25, -0.2) is 0 Å². The quantitative estimate of drug-likeness (QED) is 0.824. The standard InChI is InChI=1S/C12H11F3O2/c1-11(10(16)17)5-4-7-6-8(12(13,14)15)2-3-9(7)11/h2-3,6H,4-5H2,1H3,(H,16,17). The molecule has 2 rings (SSSR count). The van der Waals surface area contributed by atoms with Gasteiger partial charge in [-0.15, -0.1) is 0 Å². The Morgan fingerprint density at radius 2 is 2.06 bits per heavy atom. The maximum atomic E-state index is 12.5. The third kappa shape index (κ3) is 1.79. The highest BCUT2D eigenvalue weighted by molar-refractivity contribution is 5.82. The lowest BCUT2D eigenvalue weighted by Crippen LogP contribution is -2.29. The first-order valence-electron chi connectivity index (χ1n) is 5.19. The van der Waals surface area contributed by atoms with Crippen molar-refractivity contribution in [3.63, 3.8) is 0 Å². The normalized spacial score (nSPS) is 23.5. The van der Waals surface area contributed by atoms with E-state index in [2.05, 4.69) is 0 Å². The molecule has 92 valence electrons. The van der Waals surface area contributed by atoms with Crippen molar-refractivity contribution in [2.24, 2.45) is 0 Å². The summed E-state index contributed by atoms with van der Waals surface area (Å²) in [4.78, 5) is 11.1. The first-order chi connectivity index (χ1) is 7.75. The van der Waals surface area contributed by atoms with Crippen molar-refractivity contribution in [3.05, 3.63) is 34.9 Å². The Labute approximate surface area is 96.1 Å². The molecule has 1 aliphatic rings. The van der Waals surface area contributed by atoms with Crippen molar-refractivity contribution in [2.45, 2.75) is 31.4 Å². The zero-order valence-corrected chi connectivity index (χ0v) is 9.14. The molecule has 0 fully saturated rings. The fraction of sp³-hybridized carbons (Fsp3) is 0.417. The van der Waals surface area contributed by atoms with Crippen LogP contribution in [0.15, 0.2) is 18.2 Å². The second-order valence-corrected chi connectivity index (χ2v) is 4.51. The fourth-order valence-electron chi connectivity index (χ4n) is 2.26. The maximum Gasteiger partial charge on any atom is 0.416 e. The molecule has 0 aromatic heterocycles. The van der Waals surface area contributed by atoms with Crippen LogP contribution in [0.3, 0.4) is 0 Å². The van der Waals surface area contributed by atoms with Gasteiger partial charge in [0.25, 0.3) is 0 Å². The average Bonchev–Trinajstić information content (AvgIpc) is 2.56. The number of alkyl halides is 3. The van der Waals surface area contributed by atoms with E-state index in [0.29, 0.717) is 24.0 Å². The molecule has 17 heavy (non-hydrogen) atoms. The second-order valence-electron chi connectivity index (χ2n) is 4.51. The minimum absolute atomic E-state index is 0.346. The number of hydrogen-bond acceptors (Lipinski definition) is 1. The smallest absolute Gasteiger partial charge is 0.416 e. The highest BCUT2D eigenvalue weighted by Gasteiger charge is 2.42. The molecule has 0 amide bonds. The minimum Gasteiger partial charge on any atom is -0.481 e. The summed E-state index contributed by atoms with van der Waals surface area (Å²) in [5, 5.41) is 9.13.